The lowest BCUT2D eigenvalue weighted by Crippen LogP contribution is -2.08. The number of ether oxygens (including phenoxy) is 1. The molecule has 2 aromatic rings. The van der Waals surface area contributed by atoms with E-state index in [1.54, 1.807) is 25.1 Å². The average Bonchev–Trinajstić information content (AvgIpc) is 2.81. The Balaban J connectivity index is 2.24. The fraction of sp³-hybridized carbons (Fsp3) is 0.182. The zero-order valence-corrected chi connectivity index (χ0v) is 11.6. The van der Waals surface area contributed by atoms with Crippen molar-refractivity contribution in [3.63, 3.8) is 0 Å². The number of benzene rings is 1. The van der Waals surface area contributed by atoms with Crippen LogP contribution in [-0.2, 0) is 4.74 Å². The van der Waals surface area contributed by atoms with E-state index >= 15 is 0 Å². The number of rotatable bonds is 4. The van der Waals surface area contributed by atoms with Gasteiger partial charge in [-0.15, -0.1) is 5.10 Å². The number of nitrogens with one attached hydrogen (secondary N) is 1. The number of anilines is 3. The standard InChI is InChI=1S/C11H11ClN4O2S/c1-2-18-11(17)9-10(19-16-15-9)14-8-4-3-6(12)5-7(8)13/h3-5,14H,2,13H2,1H3. The third kappa shape index (κ3) is 3.12. The number of aromatic nitrogens is 2. The molecule has 0 aliphatic heterocycles. The number of carbonyl (C=O) groups is 1. The van der Waals surface area contributed by atoms with E-state index in [9.17, 15) is 4.79 Å². The first-order valence-corrected chi connectivity index (χ1v) is 6.58. The van der Waals surface area contributed by atoms with Crippen LogP contribution in [0, 0.1) is 0 Å². The number of hydrogen-bond acceptors (Lipinski definition) is 7. The lowest BCUT2D eigenvalue weighted by Gasteiger charge is -2.08. The van der Waals surface area contributed by atoms with Gasteiger partial charge >= 0.3 is 5.97 Å². The van der Waals surface area contributed by atoms with Gasteiger partial charge in [-0.2, -0.15) is 0 Å². The Morgan fingerprint density at radius 2 is 2.37 bits per heavy atom. The number of nitrogens with two attached hydrogens (primary N) is 1. The first-order valence-electron chi connectivity index (χ1n) is 5.43. The van der Waals surface area contributed by atoms with Gasteiger partial charge in [0.15, 0.2) is 0 Å². The molecule has 0 saturated heterocycles. The van der Waals surface area contributed by atoms with Gasteiger partial charge in [-0.1, -0.05) is 16.1 Å². The van der Waals surface area contributed by atoms with Gasteiger partial charge < -0.3 is 15.8 Å². The fourth-order valence-electron chi connectivity index (χ4n) is 1.38. The van der Waals surface area contributed by atoms with Gasteiger partial charge in [0.1, 0.15) is 5.00 Å². The van der Waals surface area contributed by atoms with Gasteiger partial charge in [0, 0.05) is 16.6 Å². The molecule has 1 heterocycles. The topological polar surface area (TPSA) is 90.1 Å². The zero-order chi connectivity index (χ0) is 13.8. The lowest BCUT2D eigenvalue weighted by molar-refractivity contribution is 0.0520. The molecule has 0 amide bonds. The molecule has 19 heavy (non-hydrogen) atoms. The van der Waals surface area contributed by atoms with Gasteiger partial charge in [0.25, 0.3) is 0 Å². The minimum absolute atomic E-state index is 0.140. The summed E-state index contributed by atoms with van der Waals surface area (Å²) in [6.07, 6.45) is 0. The van der Waals surface area contributed by atoms with Crippen molar-refractivity contribution in [3.8, 4) is 0 Å². The van der Waals surface area contributed by atoms with E-state index in [0.29, 0.717) is 21.4 Å². The van der Waals surface area contributed by atoms with E-state index in [4.69, 9.17) is 22.1 Å². The monoisotopic (exact) mass is 298 g/mol. The van der Waals surface area contributed by atoms with Crippen molar-refractivity contribution in [2.45, 2.75) is 6.92 Å². The maximum absolute atomic E-state index is 11.6. The first kappa shape index (κ1) is 13.6. The Morgan fingerprint density at radius 3 is 3.05 bits per heavy atom. The molecule has 100 valence electrons. The van der Waals surface area contributed by atoms with Gasteiger partial charge in [-0.25, -0.2) is 4.79 Å². The highest BCUT2D eigenvalue weighted by atomic mass is 35.5. The molecule has 0 aliphatic rings. The van der Waals surface area contributed by atoms with Crippen molar-refractivity contribution in [3.05, 3.63) is 28.9 Å². The summed E-state index contributed by atoms with van der Waals surface area (Å²) in [5.41, 5.74) is 7.06. The second-order valence-corrected chi connectivity index (χ2v) is 4.72. The van der Waals surface area contributed by atoms with Crippen LogP contribution in [0.2, 0.25) is 5.02 Å². The maximum atomic E-state index is 11.6. The Kier molecular flexibility index (Phi) is 4.18. The number of carbonyl (C=O) groups excluding carboxylic acids is 1. The van der Waals surface area contributed by atoms with Gasteiger partial charge in [0.2, 0.25) is 5.69 Å². The predicted octanol–water partition coefficient (Wildman–Crippen LogP) is 2.69. The molecule has 0 saturated carbocycles. The van der Waals surface area contributed by atoms with Crippen LogP contribution >= 0.6 is 23.1 Å². The molecule has 3 N–H and O–H groups in total. The van der Waals surface area contributed by atoms with Crippen LogP contribution in [0.4, 0.5) is 16.4 Å². The van der Waals surface area contributed by atoms with E-state index in [1.807, 2.05) is 0 Å². The quantitative estimate of drug-likeness (QED) is 0.666. The Morgan fingerprint density at radius 1 is 1.58 bits per heavy atom. The summed E-state index contributed by atoms with van der Waals surface area (Å²) < 4.78 is 8.62. The van der Waals surface area contributed by atoms with Crippen LogP contribution < -0.4 is 11.1 Å². The molecule has 6 nitrogen and oxygen atoms in total. The summed E-state index contributed by atoms with van der Waals surface area (Å²) in [4.78, 5) is 11.6. The predicted molar refractivity (Wildman–Crippen MR) is 75.0 cm³/mol. The number of nitrogen functional groups attached to an aromatic ring is 1. The molecule has 0 bridgehead atoms. The summed E-state index contributed by atoms with van der Waals surface area (Å²) in [7, 11) is 0. The third-order valence-electron chi connectivity index (χ3n) is 2.22. The van der Waals surface area contributed by atoms with Crippen LogP contribution in [0.1, 0.15) is 17.4 Å². The van der Waals surface area contributed by atoms with Crippen molar-refractivity contribution < 1.29 is 9.53 Å². The maximum Gasteiger partial charge on any atom is 0.362 e. The second-order valence-electron chi connectivity index (χ2n) is 3.53. The van der Waals surface area contributed by atoms with Crippen LogP contribution in [0.15, 0.2) is 18.2 Å². The first-order chi connectivity index (χ1) is 9.11. The van der Waals surface area contributed by atoms with Gasteiger partial charge in [-0.05, 0) is 25.1 Å². The highest BCUT2D eigenvalue weighted by Crippen LogP contribution is 2.29. The molecule has 0 radical (unpaired) electrons. The van der Waals surface area contributed by atoms with E-state index < -0.39 is 5.97 Å². The SMILES string of the molecule is CCOC(=O)c1nnsc1Nc1ccc(Cl)cc1N. The summed E-state index contributed by atoms with van der Waals surface area (Å²) in [5, 5.41) is 7.76. The molecular formula is C11H11ClN4O2S. The van der Waals surface area contributed by atoms with Crippen LogP contribution in [0.5, 0.6) is 0 Å². The molecule has 0 fully saturated rings. The Labute approximate surface area is 118 Å². The molecule has 0 aliphatic carbocycles. The minimum atomic E-state index is -0.522. The third-order valence-corrected chi connectivity index (χ3v) is 3.09. The average molecular weight is 299 g/mol. The van der Waals surface area contributed by atoms with Gasteiger partial charge in [0.05, 0.1) is 18.0 Å². The Hall–Kier alpha value is -1.86. The minimum Gasteiger partial charge on any atom is -0.461 e. The highest BCUT2D eigenvalue weighted by Gasteiger charge is 2.18. The molecule has 2 rings (SSSR count). The summed E-state index contributed by atoms with van der Waals surface area (Å²) >= 11 is 6.87. The number of halogens is 1. The van der Waals surface area contributed by atoms with Crippen LogP contribution in [0.25, 0.3) is 0 Å². The molecule has 0 atom stereocenters. The van der Waals surface area contributed by atoms with Crippen molar-refractivity contribution in [1.29, 1.82) is 0 Å². The highest BCUT2D eigenvalue weighted by molar-refractivity contribution is 7.10. The largest absolute Gasteiger partial charge is 0.461 e. The second kappa shape index (κ2) is 5.85. The lowest BCUT2D eigenvalue weighted by atomic mass is 10.2. The Bertz CT molecular complexity index is 602. The van der Waals surface area contributed by atoms with Crippen LogP contribution in [-0.4, -0.2) is 22.2 Å². The molecule has 1 aromatic heterocycles. The summed E-state index contributed by atoms with van der Waals surface area (Å²) in [6.45, 7) is 2.00. The molecule has 8 heteroatoms. The van der Waals surface area contributed by atoms with E-state index in [0.717, 1.165) is 11.5 Å². The van der Waals surface area contributed by atoms with Gasteiger partial charge in [-0.3, -0.25) is 0 Å². The fourth-order valence-corrected chi connectivity index (χ4v) is 2.13. The van der Waals surface area contributed by atoms with Crippen molar-refractivity contribution in [2.24, 2.45) is 0 Å². The molecule has 0 unspecified atom stereocenters. The molecule has 0 spiro atoms. The molecular weight excluding hydrogens is 288 g/mol. The normalized spacial score (nSPS) is 10.2. The van der Waals surface area contributed by atoms with E-state index in [2.05, 4.69) is 14.9 Å². The van der Waals surface area contributed by atoms with E-state index in [-0.39, 0.29) is 12.3 Å². The van der Waals surface area contributed by atoms with Crippen molar-refractivity contribution in [1.82, 2.24) is 9.59 Å². The van der Waals surface area contributed by atoms with Crippen molar-refractivity contribution >= 4 is 45.5 Å². The smallest absolute Gasteiger partial charge is 0.362 e. The van der Waals surface area contributed by atoms with Crippen LogP contribution in [0.3, 0.4) is 0 Å². The number of esters is 1. The van der Waals surface area contributed by atoms with Crippen molar-refractivity contribution in [2.75, 3.05) is 17.7 Å². The summed E-state index contributed by atoms with van der Waals surface area (Å²) in [6, 6.07) is 5.02. The summed E-state index contributed by atoms with van der Waals surface area (Å²) in [5.74, 6) is -0.522. The number of nitrogens with zero attached hydrogens (tertiary/aromatic N) is 2. The zero-order valence-electron chi connectivity index (χ0n) is 10.0. The van der Waals surface area contributed by atoms with E-state index in [1.165, 1.54) is 0 Å². The molecule has 1 aromatic carbocycles. The number of hydrogen-bond donors (Lipinski definition) is 2.